The monoisotopic (exact) mass is 864 g/mol. The summed E-state index contributed by atoms with van der Waals surface area (Å²) in [5, 5.41) is 20.7. The molecule has 0 aromatic rings. The molecule has 1 unspecified atom stereocenters. The molecule has 5 N–H and O–H groups in total. The third-order valence-corrected chi connectivity index (χ3v) is 11.0. The number of aliphatic hydroxyl groups excluding tert-OH is 2. The Hall–Kier alpha value is -2.96. The quantitative estimate of drug-likeness (QED) is 0.0200. The van der Waals surface area contributed by atoms with Gasteiger partial charge in [-0.3, -0.25) is 23.4 Å². The lowest BCUT2D eigenvalue weighted by Gasteiger charge is -2.20. The molecule has 342 valence electrons. The molecule has 0 aromatic carbocycles. The summed E-state index contributed by atoms with van der Waals surface area (Å²) in [6.45, 7) is 3.19. The van der Waals surface area contributed by atoms with Crippen molar-refractivity contribution in [1.29, 1.82) is 0 Å². The van der Waals surface area contributed by atoms with Crippen LogP contribution in [0.15, 0.2) is 72.9 Å². The predicted molar refractivity (Wildman–Crippen MR) is 239 cm³/mol. The molecule has 0 aliphatic heterocycles. The zero-order valence-electron chi connectivity index (χ0n) is 36.6. The Balaban J connectivity index is 2.38. The van der Waals surface area contributed by atoms with Crippen LogP contribution in [0, 0.1) is 11.8 Å². The summed E-state index contributed by atoms with van der Waals surface area (Å²) in [5.74, 6) is -1.61. The van der Waals surface area contributed by atoms with Gasteiger partial charge in [-0.1, -0.05) is 132 Å². The second-order valence-corrected chi connectivity index (χ2v) is 16.8. The van der Waals surface area contributed by atoms with Crippen molar-refractivity contribution in [2.24, 2.45) is 17.6 Å². The van der Waals surface area contributed by atoms with Gasteiger partial charge in [-0.15, -0.1) is 0 Å². The maximum Gasteiger partial charge on any atom is 0.472 e. The number of unbranched alkanes of at least 4 members (excludes halogenated alkanes) is 8. The van der Waals surface area contributed by atoms with E-state index in [9.17, 15) is 34.1 Å². The molecule has 1 aliphatic rings. The van der Waals surface area contributed by atoms with Crippen LogP contribution in [-0.4, -0.2) is 77.5 Å². The number of phosphoric acid groups is 1. The van der Waals surface area contributed by atoms with Gasteiger partial charge in [0.15, 0.2) is 6.10 Å². The lowest BCUT2D eigenvalue weighted by Crippen LogP contribution is -2.29. The zero-order chi connectivity index (χ0) is 44.1. The molecule has 13 heteroatoms. The zero-order valence-corrected chi connectivity index (χ0v) is 37.5. The summed E-state index contributed by atoms with van der Waals surface area (Å²) in [6.07, 6.45) is 38.4. The standard InChI is InChI=1S/C47H78NO11P/c1-3-5-7-8-9-10-11-12-13-14-15-16-17-18-19-20-21-22-28-32-47(53)59-41(39-58-60(54,55)57-36-35-48)38-56-46(52)31-27-24-23-26-30-42-43(45(51)37-44(42)50)34-33-40(49)29-25-6-4-2/h5,7,9-10,12-13,15-16,18-19,33-34,40-44,49-50H,3-4,6,8,11,14,17,20-32,35-39,48H2,1-2H3,(H,54,55)/b7-5-,10-9-,13-12-,16-15-,19-18-,34-33+/t40-,41+,42+,43+,44-/m0/s1. The fourth-order valence-electron chi connectivity index (χ4n) is 6.62. The van der Waals surface area contributed by atoms with Crippen molar-refractivity contribution in [2.75, 3.05) is 26.4 Å². The minimum atomic E-state index is -4.45. The number of ketones is 1. The van der Waals surface area contributed by atoms with Crippen molar-refractivity contribution in [3.05, 3.63) is 72.9 Å². The first-order valence-corrected chi connectivity index (χ1v) is 24.0. The number of rotatable bonds is 37. The number of carbonyl (C=O) groups excluding carboxylic acids is 3. The molecule has 1 fully saturated rings. The fourth-order valence-corrected chi connectivity index (χ4v) is 7.39. The molecule has 1 rings (SSSR count). The van der Waals surface area contributed by atoms with Gasteiger partial charge in [0.25, 0.3) is 0 Å². The van der Waals surface area contributed by atoms with Crippen molar-refractivity contribution in [3.8, 4) is 0 Å². The van der Waals surface area contributed by atoms with Crippen LogP contribution in [-0.2, 0) is 37.5 Å². The average Bonchev–Trinajstić information content (AvgIpc) is 3.49. The van der Waals surface area contributed by atoms with Gasteiger partial charge >= 0.3 is 19.8 Å². The Morgan fingerprint density at radius 1 is 0.783 bits per heavy atom. The molecule has 6 atom stereocenters. The van der Waals surface area contributed by atoms with Crippen molar-refractivity contribution in [2.45, 2.75) is 167 Å². The average molecular weight is 864 g/mol. The number of ether oxygens (including phenoxy) is 2. The van der Waals surface area contributed by atoms with Crippen LogP contribution in [0.25, 0.3) is 0 Å². The van der Waals surface area contributed by atoms with Crippen molar-refractivity contribution >= 4 is 25.5 Å². The Kier molecular flexibility index (Phi) is 33.7. The number of hydrogen-bond donors (Lipinski definition) is 4. The lowest BCUT2D eigenvalue weighted by atomic mass is 9.88. The van der Waals surface area contributed by atoms with Crippen LogP contribution in [0.1, 0.15) is 149 Å². The SMILES string of the molecule is CC/C=C\C/C=C\C/C=C\C/C=C\C/C=C\CCCCCC(=O)O[C@H](COC(=O)CCCCCC[C@H]1[C@@H](O)CC(=O)[C@@H]1/C=C/[C@@H](O)CCCCC)COP(=O)(O)OCCN. The highest BCUT2D eigenvalue weighted by molar-refractivity contribution is 7.47. The minimum absolute atomic E-state index is 0.000396. The van der Waals surface area contributed by atoms with E-state index >= 15 is 0 Å². The van der Waals surface area contributed by atoms with Gasteiger partial charge in [0.2, 0.25) is 0 Å². The van der Waals surface area contributed by atoms with Gasteiger partial charge < -0.3 is 30.3 Å². The van der Waals surface area contributed by atoms with E-state index in [-0.39, 0.29) is 50.7 Å². The number of esters is 2. The van der Waals surface area contributed by atoms with E-state index in [1.54, 1.807) is 12.2 Å². The third kappa shape index (κ3) is 30.1. The maximum atomic E-state index is 12.6. The first-order chi connectivity index (χ1) is 29.0. The number of carbonyl (C=O) groups is 3. The van der Waals surface area contributed by atoms with Crippen LogP contribution in [0.2, 0.25) is 0 Å². The Labute approximate surface area is 361 Å². The van der Waals surface area contributed by atoms with Gasteiger partial charge in [0.05, 0.1) is 25.4 Å². The number of hydrogen-bond acceptors (Lipinski definition) is 11. The molecule has 0 bridgehead atoms. The number of Topliss-reactive ketones (excluding diaryl/α,β-unsaturated/α-hetero) is 1. The molecule has 0 amide bonds. The Morgan fingerprint density at radius 3 is 2.02 bits per heavy atom. The minimum Gasteiger partial charge on any atom is -0.462 e. The van der Waals surface area contributed by atoms with Crippen molar-refractivity contribution < 1.29 is 52.6 Å². The first-order valence-electron chi connectivity index (χ1n) is 22.5. The summed E-state index contributed by atoms with van der Waals surface area (Å²) in [5.41, 5.74) is 5.34. The number of nitrogens with two attached hydrogens (primary N) is 1. The molecule has 0 aromatic heterocycles. The number of phosphoric ester groups is 1. The molecular weight excluding hydrogens is 785 g/mol. The second kappa shape index (κ2) is 36.7. The maximum absolute atomic E-state index is 12.6. The van der Waals surface area contributed by atoms with Gasteiger partial charge in [-0.05, 0) is 76.5 Å². The highest BCUT2D eigenvalue weighted by Gasteiger charge is 2.39. The van der Waals surface area contributed by atoms with E-state index < -0.39 is 50.6 Å². The molecule has 0 radical (unpaired) electrons. The largest absolute Gasteiger partial charge is 0.472 e. The van der Waals surface area contributed by atoms with E-state index in [4.69, 9.17) is 24.3 Å². The molecule has 12 nitrogen and oxygen atoms in total. The molecule has 0 saturated heterocycles. The molecule has 0 spiro atoms. The van der Waals surface area contributed by atoms with Gasteiger partial charge in [0.1, 0.15) is 12.4 Å². The first kappa shape index (κ1) is 55.1. The fraction of sp³-hybridized carbons (Fsp3) is 0.681. The normalized spacial score (nSPS) is 19.5. The smallest absolute Gasteiger partial charge is 0.462 e. The number of aliphatic hydroxyl groups is 2. The van der Waals surface area contributed by atoms with E-state index in [1.165, 1.54) is 0 Å². The van der Waals surface area contributed by atoms with Crippen LogP contribution in [0.4, 0.5) is 0 Å². The van der Waals surface area contributed by atoms with Crippen LogP contribution < -0.4 is 5.73 Å². The third-order valence-electron chi connectivity index (χ3n) is 9.98. The Bertz CT molecular complexity index is 1370. The summed E-state index contributed by atoms with van der Waals surface area (Å²) < 4.78 is 32.8. The molecule has 1 aliphatic carbocycles. The van der Waals surface area contributed by atoms with Crippen molar-refractivity contribution in [1.82, 2.24) is 0 Å². The van der Waals surface area contributed by atoms with Crippen molar-refractivity contribution in [3.63, 3.8) is 0 Å². The lowest BCUT2D eigenvalue weighted by molar-refractivity contribution is -0.161. The topological polar surface area (TPSA) is 192 Å². The molecule has 60 heavy (non-hydrogen) atoms. The predicted octanol–water partition coefficient (Wildman–Crippen LogP) is 9.64. The second-order valence-electron chi connectivity index (χ2n) is 15.3. The Morgan fingerprint density at radius 2 is 1.38 bits per heavy atom. The van der Waals surface area contributed by atoms with Gasteiger partial charge in [0, 0.05) is 31.7 Å². The van der Waals surface area contributed by atoms with Crippen LogP contribution >= 0.6 is 7.82 Å². The van der Waals surface area contributed by atoms with E-state index in [0.717, 1.165) is 89.9 Å². The molecule has 1 saturated carbocycles. The summed E-state index contributed by atoms with van der Waals surface area (Å²) in [6, 6.07) is 0. The van der Waals surface area contributed by atoms with Gasteiger partial charge in [-0.2, -0.15) is 0 Å². The molecular formula is C47H78NO11P. The van der Waals surface area contributed by atoms with E-state index in [2.05, 4.69) is 74.6 Å². The number of allylic oxidation sites excluding steroid dienone is 11. The summed E-state index contributed by atoms with van der Waals surface area (Å²) in [7, 11) is -4.45. The summed E-state index contributed by atoms with van der Waals surface area (Å²) >= 11 is 0. The van der Waals surface area contributed by atoms with E-state index in [0.29, 0.717) is 25.7 Å². The van der Waals surface area contributed by atoms with E-state index in [1.807, 2.05) is 0 Å². The van der Waals surface area contributed by atoms with Crippen LogP contribution in [0.5, 0.6) is 0 Å². The van der Waals surface area contributed by atoms with Crippen LogP contribution in [0.3, 0.4) is 0 Å². The summed E-state index contributed by atoms with van der Waals surface area (Å²) in [4.78, 5) is 47.6. The highest BCUT2D eigenvalue weighted by Crippen LogP contribution is 2.43. The van der Waals surface area contributed by atoms with Gasteiger partial charge in [-0.25, -0.2) is 4.57 Å². The highest BCUT2D eigenvalue weighted by atomic mass is 31.2. The molecule has 0 heterocycles.